The lowest BCUT2D eigenvalue weighted by molar-refractivity contribution is 0.112. The van der Waals surface area contributed by atoms with Gasteiger partial charge in [-0.05, 0) is 42.3 Å². The van der Waals surface area contributed by atoms with Gasteiger partial charge in [-0.3, -0.25) is 4.79 Å². The Hall–Kier alpha value is -2.55. The van der Waals surface area contributed by atoms with Crippen LogP contribution >= 0.6 is 0 Å². The average molecular weight is 282 g/mol. The van der Waals surface area contributed by atoms with Crippen molar-refractivity contribution in [2.75, 3.05) is 14.2 Å². The average Bonchev–Trinajstić information content (AvgIpc) is 2.54. The molecule has 0 saturated heterocycles. The van der Waals surface area contributed by atoms with Crippen LogP contribution in [0.3, 0.4) is 0 Å². The normalized spacial score (nSPS) is 10.6. The predicted molar refractivity (Wildman–Crippen MR) is 85.0 cm³/mol. The largest absolute Gasteiger partial charge is 0.497 e. The molecule has 21 heavy (non-hydrogen) atoms. The Morgan fingerprint density at radius 3 is 2.14 bits per heavy atom. The van der Waals surface area contributed by atoms with Gasteiger partial charge in [0.1, 0.15) is 17.8 Å². The summed E-state index contributed by atoms with van der Waals surface area (Å²) < 4.78 is 10.4. The Morgan fingerprint density at radius 1 is 0.905 bits per heavy atom. The van der Waals surface area contributed by atoms with E-state index in [1.54, 1.807) is 14.2 Å². The molecule has 0 fully saturated rings. The molecule has 0 heterocycles. The molecule has 0 saturated carbocycles. The van der Waals surface area contributed by atoms with E-state index >= 15 is 0 Å². The first-order chi connectivity index (χ1) is 10.2. The minimum absolute atomic E-state index is 0.642. The zero-order chi connectivity index (χ0) is 15.2. The number of carbonyl (C=O) groups is 1. The number of methoxy groups -OCH3 is 2. The van der Waals surface area contributed by atoms with Gasteiger partial charge in [-0.15, -0.1) is 0 Å². The van der Waals surface area contributed by atoms with Crippen molar-refractivity contribution in [2.45, 2.75) is 6.92 Å². The fourth-order valence-electron chi connectivity index (χ4n) is 2.07. The third kappa shape index (κ3) is 3.51. The minimum Gasteiger partial charge on any atom is -0.497 e. The van der Waals surface area contributed by atoms with E-state index in [0.29, 0.717) is 11.3 Å². The summed E-state index contributed by atoms with van der Waals surface area (Å²) >= 11 is 0. The van der Waals surface area contributed by atoms with E-state index in [0.717, 1.165) is 28.7 Å². The molecule has 0 aliphatic rings. The number of aldehydes is 1. The molecule has 0 bridgehead atoms. The van der Waals surface area contributed by atoms with Crippen molar-refractivity contribution in [3.63, 3.8) is 0 Å². The number of hydrogen-bond donors (Lipinski definition) is 0. The van der Waals surface area contributed by atoms with Crippen molar-refractivity contribution in [3.05, 3.63) is 58.7 Å². The lowest BCUT2D eigenvalue weighted by Crippen LogP contribution is -1.94. The molecule has 0 spiro atoms. The van der Waals surface area contributed by atoms with Gasteiger partial charge in [0.15, 0.2) is 0 Å². The first-order valence-corrected chi connectivity index (χ1v) is 6.64. The van der Waals surface area contributed by atoms with E-state index in [2.05, 4.69) is 0 Å². The van der Waals surface area contributed by atoms with Gasteiger partial charge < -0.3 is 9.47 Å². The van der Waals surface area contributed by atoms with Crippen LogP contribution in [0.1, 0.15) is 27.0 Å². The highest BCUT2D eigenvalue weighted by atomic mass is 16.5. The van der Waals surface area contributed by atoms with Crippen LogP contribution in [0.2, 0.25) is 0 Å². The maximum atomic E-state index is 11.1. The fraction of sp³-hybridized carbons (Fsp3) is 0.167. The van der Waals surface area contributed by atoms with Crippen molar-refractivity contribution >= 4 is 18.4 Å². The zero-order valence-electron chi connectivity index (χ0n) is 12.4. The standard InChI is InChI=1S/C18H18O3/c1-13-16(12-19)10-15(11-18(13)21-3)5-4-14-6-8-17(20-2)9-7-14/h4-12H,1-3H3/b5-4-. The van der Waals surface area contributed by atoms with E-state index in [4.69, 9.17) is 9.47 Å². The quantitative estimate of drug-likeness (QED) is 0.614. The van der Waals surface area contributed by atoms with Crippen LogP contribution in [0.25, 0.3) is 12.2 Å². The molecule has 3 nitrogen and oxygen atoms in total. The Kier molecular flexibility index (Phi) is 4.77. The van der Waals surface area contributed by atoms with Crippen molar-refractivity contribution in [1.29, 1.82) is 0 Å². The zero-order valence-corrected chi connectivity index (χ0v) is 12.4. The second-order valence-corrected chi connectivity index (χ2v) is 4.66. The van der Waals surface area contributed by atoms with Gasteiger partial charge >= 0.3 is 0 Å². The summed E-state index contributed by atoms with van der Waals surface area (Å²) in [5, 5.41) is 0. The molecule has 2 aromatic rings. The molecule has 2 rings (SSSR count). The second-order valence-electron chi connectivity index (χ2n) is 4.66. The molecule has 3 heteroatoms. The van der Waals surface area contributed by atoms with Crippen LogP contribution in [-0.2, 0) is 0 Å². The molecule has 0 radical (unpaired) electrons. The Labute approximate surface area is 124 Å². The van der Waals surface area contributed by atoms with Crippen molar-refractivity contribution in [1.82, 2.24) is 0 Å². The Bertz CT molecular complexity index is 655. The number of ether oxygens (including phenoxy) is 2. The topological polar surface area (TPSA) is 35.5 Å². The third-order valence-electron chi connectivity index (χ3n) is 3.35. The molecule has 0 aromatic heterocycles. The molecule has 2 aromatic carbocycles. The third-order valence-corrected chi connectivity index (χ3v) is 3.35. The first kappa shape index (κ1) is 14.9. The van der Waals surface area contributed by atoms with Crippen molar-refractivity contribution in [3.8, 4) is 11.5 Å². The Balaban J connectivity index is 2.29. The molecule has 0 N–H and O–H groups in total. The molecule has 0 atom stereocenters. The highest BCUT2D eigenvalue weighted by Crippen LogP contribution is 2.24. The summed E-state index contributed by atoms with van der Waals surface area (Å²) in [6.45, 7) is 1.87. The van der Waals surface area contributed by atoms with Crippen molar-refractivity contribution < 1.29 is 14.3 Å². The summed E-state index contributed by atoms with van der Waals surface area (Å²) in [4.78, 5) is 11.1. The summed E-state index contributed by atoms with van der Waals surface area (Å²) in [5.41, 5.74) is 3.48. The SMILES string of the molecule is COc1ccc(/C=C\c2cc(C=O)c(C)c(OC)c2)cc1. The molecule has 0 aliphatic carbocycles. The van der Waals surface area contributed by atoms with E-state index in [-0.39, 0.29) is 0 Å². The smallest absolute Gasteiger partial charge is 0.150 e. The summed E-state index contributed by atoms with van der Waals surface area (Å²) in [7, 11) is 3.25. The lowest BCUT2D eigenvalue weighted by atomic mass is 10.0. The van der Waals surface area contributed by atoms with Gasteiger partial charge in [0.2, 0.25) is 0 Å². The van der Waals surface area contributed by atoms with Gasteiger partial charge in [0, 0.05) is 11.1 Å². The highest BCUT2D eigenvalue weighted by Gasteiger charge is 2.05. The van der Waals surface area contributed by atoms with E-state index in [9.17, 15) is 4.79 Å². The second kappa shape index (κ2) is 6.75. The maximum Gasteiger partial charge on any atom is 0.150 e. The number of benzene rings is 2. The van der Waals surface area contributed by atoms with Crippen LogP contribution < -0.4 is 9.47 Å². The molecule has 0 aliphatic heterocycles. The monoisotopic (exact) mass is 282 g/mol. The van der Waals surface area contributed by atoms with Crippen LogP contribution in [0, 0.1) is 6.92 Å². The minimum atomic E-state index is 0.642. The lowest BCUT2D eigenvalue weighted by Gasteiger charge is -2.08. The predicted octanol–water partition coefficient (Wildman–Crippen LogP) is 4.00. The van der Waals surface area contributed by atoms with Gasteiger partial charge in [-0.2, -0.15) is 0 Å². The van der Waals surface area contributed by atoms with E-state index < -0.39 is 0 Å². The van der Waals surface area contributed by atoms with Crippen LogP contribution in [-0.4, -0.2) is 20.5 Å². The summed E-state index contributed by atoms with van der Waals surface area (Å²) in [6.07, 6.45) is 4.79. The van der Waals surface area contributed by atoms with Crippen LogP contribution in [0.4, 0.5) is 0 Å². The maximum absolute atomic E-state index is 11.1. The molecular formula is C18H18O3. The van der Waals surface area contributed by atoms with E-state index in [1.165, 1.54) is 0 Å². The van der Waals surface area contributed by atoms with Gasteiger partial charge in [0.05, 0.1) is 14.2 Å². The molecule has 108 valence electrons. The number of rotatable bonds is 5. The molecular weight excluding hydrogens is 264 g/mol. The van der Waals surface area contributed by atoms with Gasteiger partial charge in [0.25, 0.3) is 0 Å². The summed E-state index contributed by atoms with van der Waals surface area (Å²) in [6, 6.07) is 11.5. The number of carbonyl (C=O) groups excluding carboxylic acids is 1. The van der Waals surface area contributed by atoms with Crippen molar-refractivity contribution in [2.24, 2.45) is 0 Å². The number of hydrogen-bond acceptors (Lipinski definition) is 3. The van der Waals surface area contributed by atoms with E-state index in [1.807, 2.05) is 55.5 Å². The first-order valence-electron chi connectivity index (χ1n) is 6.64. The van der Waals surface area contributed by atoms with Gasteiger partial charge in [-0.1, -0.05) is 24.3 Å². The molecule has 0 unspecified atom stereocenters. The van der Waals surface area contributed by atoms with Crippen LogP contribution in [0.15, 0.2) is 36.4 Å². The molecule has 0 amide bonds. The fourth-order valence-corrected chi connectivity index (χ4v) is 2.07. The highest BCUT2D eigenvalue weighted by molar-refractivity contribution is 5.82. The summed E-state index contributed by atoms with van der Waals surface area (Å²) in [5.74, 6) is 1.54. The Morgan fingerprint density at radius 2 is 1.57 bits per heavy atom. The van der Waals surface area contributed by atoms with Gasteiger partial charge in [-0.25, -0.2) is 0 Å². The van der Waals surface area contributed by atoms with Crippen LogP contribution in [0.5, 0.6) is 11.5 Å².